The molecule has 0 saturated heterocycles. The number of fused-ring (bicyclic) bond motifs is 1. The number of nitrogens with one attached hydrogen (secondary N) is 3. The zero-order valence-electron chi connectivity index (χ0n) is 11.5. The van der Waals surface area contributed by atoms with Gasteiger partial charge in [-0.05, 0) is 13.0 Å². The second-order valence-corrected chi connectivity index (χ2v) is 6.16. The van der Waals surface area contributed by atoms with Gasteiger partial charge in [-0.1, -0.05) is 18.2 Å². The Morgan fingerprint density at radius 2 is 2.10 bits per heavy atom. The van der Waals surface area contributed by atoms with E-state index < -0.39 is 15.9 Å². The lowest BCUT2D eigenvalue weighted by atomic mass is 10.2. The Bertz CT molecular complexity index is 724. The van der Waals surface area contributed by atoms with Gasteiger partial charge < -0.3 is 9.72 Å². The molecule has 0 aliphatic rings. The molecule has 0 atom stereocenters. The van der Waals surface area contributed by atoms with Crippen LogP contribution in [-0.2, 0) is 14.8 Å². The molecule has 0 spiro atoms. The molecule has 3 N–H and O–H groups in total. The predicted molar refractivity (Wildman–Crippen MR) is 79.2 cm³/mol. The predicted octanol–water partition coefficient (Wildman–Crippen LogP) is 0.769. The van der Waals surface area contributed by atoms with Gasteiger partial charge in [0.15, 0.2) is 0 Å². The number of ether oxygens (including phenoxy) is 1. The Kier molecular flexibility index (Phi) is 4.94. The summed E-state index contributed by atoms with van der Waals surface area (Å²) in [6, 6.07) is 7.26. The molecule has 1 aromatic heterocycles. The molecule has 1 amide bonds. The van der Waals surface area contributed by atoms with Crippen LogP contribution in [0.5, 0.6) is 0 Å². The first-order chi connectivity index (χ1) is 10.0. The monoisotopic (exact) mass is 311 g/mol. The number of aromatic amines is 1. The number of aromatic nitrogens is 1. The molecule has 7 nitrogen and oxygen atoms in total. The van der Waals surface area contributed by atoms with Gasteiger partial charge in [0.25, 0.3) is 5.91 Å². The summed E-state index contributed by atoms with van der Waals surface area (Å²) in [4.78, 5) is 17.0. The smallest absolute Gasteiger partial charge is 0.268 e. The van der Waals surface area contributed by atoms with Crippen molar-refractivity contribution in [3.8, 4) is 0 Å². The number of hydrazine groups is 1. The van der Waals surface area contributed by atoms with Crippen LogP contribution < -0.4 is 10.3 Å². The van der Waals surface area contributed by atoms with Crippen LogP contribution in [0, 0.1) is 0 Å². The summed E-state index contributed by atoms with van der Waals surface area (Å²) in [5.74, 6) is -0.734. The Hall–Kier alpha value is -1.90. The Morgan fingerprint density at radius 3 is 2.86 bits per heavy atom. The van der Waals surface area contributed by atoms with E-state index in [1.165, 1.54) is 6.20 Å². The highest BCUT2D eigenvalue weighted by atomic mass is 32.2. The third-order valence-electron chi connectivity index (χ3n) is 2.85. The topological polar surface area (TPSA) is 100 Å². The second kappa shape index (κ2) is 6.70. The number of H-pyrrole nitrogens is 1. The van der Waals surface area contributed by atoms with Crippen LogP contribution in [0.3, 0.4) is 0 Å². The lowest BCUT2D eigenvalue weighted by Crippen LogP contribution is -2.43. The molecule has 0 fully saturated rings. The normalized spacial score (nSPS) is 11.7. The van der Waals surface area contributed by atoms with Crippen molar-refractivity contribution < 1.29 is 17.9 Å². The van der Waals surface area contributed by atoms with Crippen molar-refractivity contribution in [2.45, 2.75) is 6.92 Å². The van der Waals surface area contributed by atoms with Gasteiger partial charge in [0.1, 0.15) is 0 Å². The molecule has 0 saturated carbocycles. The highest BCUT2D eigenvalue weighted by Crippen LogP contribution is 2.17. The summed E-state index contributed by atoms with van der Waals surface area (Å²) in [7, 11) is -3.61. The minimum Gasteiger partial charge on any atom is -0.381 e. The SMILES string of the molecule is CCOCCS(=O)(=O)NNC(=O)c1c[nH]c2ccccc12. The molecule has 0 unspecified atom stereocenters. The quantitative estimate of drug-likeness (QED) is 0.519. The maximum atomic E-state index is 12.0. The molecule has 21 heavy (non-hydrogen) atoms. The van der Waals surface area contributed by atoms with E-state index in [0.717, 1.165) is 10.9 Å². The highest BCUT2D eigenvalue weighted by Gasteiger charge is 2.15. The van der Waals surface area contributed by atoms with Crippen molar-refractivity contribution in [2.75, 3.05) is 19.0 Å². The first kappa shape index (κ1) is 15.5. The molecule has 1 heterocycles. The van der Waals surface area contributed by atoms with Crippen LogP contribution in [0.15, 0.2) is 30.5 Å². The number of hydrogen-bond donors (Lipinski definition) is 3. The lowest BCUT2D eigenvalue weighted by Gasteiger charge is -2.08. The number of carbonyl (C=O) groups excluding carboxylic acids is 1. The summed E-state index contributed by atoms with van der Waals surface area (Å²) >= 11 is 0. The first-order valence-electron chi connectivity index (χ1n) is 6.47. The van der Waals surface area contributed by atoms with Crippen molar-refractivity contribution in [1.29, 1.82) is 0 Å². The summed E-state index contributed by atoms with van der Waals surface area (Å²) in [5, 5.41) is 0.725. The number of rotatable bonds is 7. The largest absolute Gasteiger partial charge is 0.381 e. The molecule has 0 radical (unpaired) electrons. The molecule has 8 heteroatoms. The van der Waals surface area contributed by atoms with Gasteiger partial charge >= 0.3 is 0 Å². The second-order valence-electron chi connectivity index (χ2n) is 4.32. The molecule has 0 aliphatic carbocycles. The number of benzene rings is 1. The molecule has 2 aromatic rings. The fourth-order valence-corrected chi connectivity index (χ4v) is 2.50. The third-order valence-corrected chi connectivity index (χ3v) is 3.97. The van der Waals surface area contributed by atoms with Gasteiger partial charge in [0.05, 0.1) is 17.9 Å². The maximum Gasteiger partial charge on any atom is 0.268 e. The van der Waals surface area contributed by atoms with Gasteiger partial charge in [0.2, 0.25) is 10.0 Å². The van der Waals surface area contributed by atoms with Crippen molar-refractivity contribution in [3.63, 3.8) is 0 Å². The highest BCUT2D eigenvalue weighted by molar-refractivity contribution is 7.89. The molecular weight excluding hydrogens is 294 g/mol. The minimum absolute atomic E-state index is 0.0782. The number of amides is 1. The molecule has 114 valence electrons. The van der Waals surface area contributed by atoms with Crippen LogP contribution in [0.2, 0.25) is 0 Å². The van der Waals surface area contributed by atoms with Crippen LogP contribution in [0.4, 0.5) is 0 Å². The average Bonchev–Trinajstić information content (AvgIpc) is 2.89. The standard InChI is InChI=1S/C13H17N3O4S/c1-2-20-7-8-21(18,19)16-15-13(17)11-9-14-12-6-4-3-5-10(11)12/h3-6,9,14,16H,2,7-8H2,1H3,(H,15,17). The molecular formula is C13H17N3O4S. The molecule has 1 aromatic carbocycles. The van der Waals surface area contributed by atoms with Gasteiger partial charge in [-0.2, -0.15) is 0 Å². The summed E-state index contributed by atoms with van der Waals surface area (Å²) in [6.45, 7) is 2.30. The fourth-order valence-electron chi connectivity index (χ4n) is 1.81. The molecule has 0 aliphatic heterocycles. The Balaban J connectivity index is 1.99. The van der Waals surface area contributed by atoms with Crippen LogP contribution in [0.25, 0.3) is 10.9 Å². The summed E-state index contributed by atoms with van der Waals surface area (Å²) < 4.78 is 28.2. The first-order valence-corrected chi connectivity index (χ1v) is 8.12. The van der Waals surface area contributed by atoms with Crippen molar-refractivity contribution >= 4 is 26.8 Å². The average molecular weight is 311 g/mol. The lowest BCUT2D eigenvalue weighted by molar-refractivity contribution is 0.0946. The van der Waals surface area contributed by atoms with E-state index in [1.54, 1.807) is 19.1 Å². The fraction of sp³-hybridized carbons (Fsp3) is 0.308. The van der Waals surface area contributed by atoms with Gasteiger partial charge in [0, 0.05) is 23.7 Å². The van der Waals surface area contributed by atoms with Gasteiger partial charge in [-0.15, -0.1) is 4.83 Å². The summed E-state index contributed by atoms with van der Waals surface area (Å²) in [6.07, 6.45) is 1.54. The zero-order valence-corrected chi connectivity index (χ0v) is 12.4. The van der Waals surface area contributed by atoms with E-state index in [9.17, 15) is 13.2 Å². The number of carbonyl (C=O) groups is 1. The Morgan fingerprint density at radius 1 is 1.33 bits per heavy atom. The number of sulfonamides is 1. The van der Waals surface area contributed by atoms with E-state index in [-0.39, 0.29) is 12.4 Å². The number of para-hydroxylation sites is 1. The zero-order chi connectivity index (χ0) is 15.3. The van der Waals surface area contributed by atoms with Gasteiger partial charge in [-0.25, -0.2) is 8.42 Å². The van der Waals surface area contributed by atoms with Crippen LogP contribution in [-0.4, -0.2) is 38.3 Å². The molecule has 0 bridgehead atoms. The van der Waals surface area contributed by atoms with E-state index >= 15 is 0 Å². The van der Waals surface area contributed by atoms with E-state index in [4.69, 9.17) is 4.74 Å². The minimum atomic E-state index is -3.61. The van der Waals surface area contributed by atoms with E-state index in [2.05, 4.69) is 10.4 Å². The van der Waals surface area contributed by atoms with Gasteiger partial charge in [-0.3, -0.25) is 10.2 Å². The summed E-state index contributed by atoms with van der Waals surface area (Å²) in [5.41, 5.74) is 3.37. The van der Waals surface area contributed by atoms with Crippen LogP contribution >= 0.6 is 0 Å². The van der Waals surface area contributed by atoms with Crippen LogP contribution in [0.1, 0.15) is 17.3 Å². The van der Waals surface area contributed by atoms with E-state index in [1.807, 2.05) is 17.0 Å². The van der Waals surface area contributed by atoms with E-state index in [0.29, 0.717) is 12.2 Å². The number of hydrogen-bond acceptors (Lipinski definition) is 4. The van der Waals surface area contributed by atoms with Crippen molar-refractivity contribution in [2.24, 2.45) is 0 Å². The Labute approximate surface area is 122 Å². The maximum absolute atomic E-state index is 12.0. The van der Waals surface area contributed by atoms with Crippen molar-refractivity contribution in [1.82, 2.24) is 15.2 Å². The molecule has 2 rings (SSSR count). The van der Waals surface area contributed by atoms with Crippen molar-refractivity contribution in [3.05, 3.63) is 36.0 Å². The third kappa shape index (κ3) is 4.03.